The number of aryl methyl sites for hydroxylation is 1. The molecule has 1 aromatic rings. The molecule has 0 aliphatic carbocycles. The lowest BCUT2D eigenvalue weighted by Gasteiger charge is -2.14. The number of ether oxygens (including phenoxy) is 1. The molecule has 1 rings (SSSR count). The van der Waals surface area contributed by atoms with Crippen LogP contribution in [0.3, 0.4) is 0 Å². The van der Waals surface area contributed by atoms with Gasteiger partial charge in [-0.25, -0.2) is 4.39 Å². The first-order chi connectivity index (χ1) is 8.02. The Morgan fingerprint density at radius 3 is 2.88 bits per heavy atom. The fourth-order valence-corrected chi connectivity index (χ4v) is 1.93. The van der Waals surface area contributed by atoms with Gasteiger partial charge >= 0.3 is 5.97 Å². The van der Waals surface area contributed by atoms with Gasteiger partial charge < -0.3 is 9.84 Å². The van der Waals surface area contributed by atoms with Crippen LogP contribution >= 0.6 is 15.9 Å². The van der Waals surface area contributed by atoms with E-state index < -0.39 is 0 Å². The number of esters is 1. The number of halogens is 2. The molecule has 0 saturated heterocycles. The Kier molecular flexibility index (Phi) is 5.41. The van der Waals surface area contributed by atoms with Crippen LogP contribution in [-0.2, 0) is 16.0 Å². The van der Waals surface area contributed by atoms with Crippen LogP contribution in [0.25, 0.3) is 0 Å². The average Bonchev–Trinajstić information content (AvgIpc) is 2.28. The van der Waals surface area contributed by atoms with E-state index in [4.69, 9.17) is 4.74 Å². The van der Waals surface area contributed by atoms with Crippen molar-refractivity contribution in [1.29, 1.82) is 0 Å². The molecule has 0 aliphatic heterocycles. The summed E-state index contributed by atoms with van der Waals surface area (Å²) < 4.78 is 18.0. The maximum atomic E-state index is 13.0. The Morgan fingerprint density at radius 1 is 1.59 bits per heavy atom. The number of hydrogen-bond donors (Lipinski definition) is 1. The minimum absolute atomic E-state index is 0.0579. The molecule has 1 atom stereocenters. The lowest BCUT2D eigenvalue weighted by molar-refractivity contribution is -0.145. The summed E-state index contributed by atoms with van der Waals surface area (Å²) >= 11 is 3.24. The summed E-state index contributed by atoms with van der Waals surface area (Å²) in [4.78, 5) is 10.8. The molecular weight excluding hydrogens is 291 g/mol. The fraction of sp³-hybridized carbons (Fsp3) is 0.417. The summed E-state index contributed by atoms with van der Waals surface area (Å²) in [6.07, 6.45) is 0.713. The van der Waals surface area contributed by atoms with Crippen molar-refractivity contribution in [3.8, 4) is 5.75 Å². The number of phenolic OH excluding ortho intramolecular Hbond substituents is 1. The van der Waals surface area contributed by atoms with Crippen LogP contribution in [-0.4, -0.2) is 22.5 Å². The summed E-state index contributed by atoms with van der Waals surface area (Å²) in [5, 5.41) is 10.0. The first-order valence-electron chi connectivity index (χ1n) is 5.23. The van der Waals surface area contributed by atoms with Crippen molar-refractivity contribution >= 4 is 21.9 Å². The molecule has 17 heavy (non-hydrogen) atoms. The molecule has 0 heterocycles. The summed E-state index contributed by atoms with van der Waals surface area (Å²) in [5.41, 5.74) is 0.517. The second kappa shape index (κ2) is 6.59. The molecule has 94 valence electrons. The Hall–Kier alpha value is -1.10. The maximum absolute atomic E-state index is 13.0. The number of hydrogen-bond acceptors (Lipinski definition) is 3. The van der Waals surface area contributed by atoms with Crippen molar-refractivity contribution in [3.05, 3.63) is 29.6 Å². The minimum atomic E-state index is -0.388. The molecule has 0 fully saturated rings. The van der Waals surface area contributed by atoms with Gasteiger partial charge in [0.2, 0.25) is 0 Å². The van der Waals surface area contributed by atoms with Gasteiger partial charge in [-0.05, 0) is 36.6 Å². The van der Waals surface area contributed by atoms with Gasteiger partial charge in [-0.2, -0.15) is 0 Å². The second-order valence-electron chi connectivity index (χ2n) is 3.70. The van der Waals surface area contributed by atoms with Gasteiger partial charge in [0, 0.05) is 12.3 Å². The summed E-state index contributed by atoms with van der Waals surface area (Å²) in [7, 11) is 0. The largest absolute Gasteiger partial charge is 0.508 e. The number of benzene rings is 1. The molecule has 5 heteroatoms. The van der Waals surface area contributed by atoms with E-state index in [-0.39, 0.29) is 23.6 Å². The van der Waals surface area contributed by atoms with Gasteiger partial charge in [-0.3, -0.25) is 4.79 Å². The van der Waals surface area contributed by atoms with Crippen LogP contribution in [0.1, 0.15) is 18.9 Å². The third-order valence-corrected chi connectivity index (χ3v) is 3.00. The summed E-state index contributed by atoms with van der Waals surface area (Å²) in [6.45, 7) is 1.34. The first-order valence-corrected chi connectivity index (χ1v) is 6.35. The number of aromatic hydroxyl groups is 1. The van der Waals surface area contributed by atoms with Crippen LogP contribution in [0.4, 0.5) is 4.39 Å². The second-order valence-corrected chi connectivity index (χ2v) is 4.34. The van der Waals surface area contributed by atoms with E-state index in [1.165, 1.54) is 25.1 Å². The Balaban J connectivity index is 2.59. The van der Waals surface area contributed by atoms with Crippen molar-refractivity contribution in [3.63, 3.8) is 0 Å². The number of rotatable bonds is 5. The van der Waals surface area contributed by atoms with Crippen LogP contribution in [0, 0.1) is 5.82 Å². The lowest BCUT2D eigenvalue weighted by atomic mass is 10.1. The quantitative estimate of drug-likeness (QED) is 0.672. The van der Waals surface area contributed by atoms with E-state index in [0.29, 0.717) is 23.7 Å². The zero-order valence-electron chi connectivity index (χ0n) is 9.45. The standard InChI is InChI=1S/C12H14BrFO3/c1-8(15)17-11(7-13)4-2-9-6-10(14)3-5-12(9)16/h3,5-6,11,16H,2,4,7H2,1H3/t11-/m0/s1. The number of carbonyl (C=O) groups excluding carboxylic acids is 1. The third-order valence-electron chi connectivity index (χ3n) is 2.28. The van der Waals surface area contributed by atoms with Crippen molar-refractivity contribution in [2.24, 2.45) is 0 Å². The lowest BCUT2D eigenvalue weighted by Crippen LogP contribution is -2.18. The highest BCUT2D eigenvalue weighted by Gasteiger charge is 2.12. The Labute approximate surface area is 108 Å². The molecule has 3 nitrogen and oxygen atoms in total. The smallest absolute Gasteiger partial charge is 0.302 e. The zero-order chi connectivity index (χ0) is 12.8. The van der Waals surface area contributed by atoms with Crippen LogP contribution in [0.2, 0.25) is 0 Å². The molecule has 1 N–H and O–H groups in total. The SMILES string of the molecule is CC(=O)O[C@H](CBr)CCc1cc(F)ccc1O. The van der Waals surface area contributed by atoms with E-state index in [9.17, 15) is 14.3 Å². The summed E-state index contributed by atoms with van der Waals surface area (Å²) in [5.74, 6) is -0.679. The fourth-order valence-electron chi connectivity index (χ4n) is 1.47. The van der Waals surface area contributed by atoms with Gasteiger partial charge in [-0.1, -0.05) is 15.9 Å². The predicted molar refractivity (Wildman–Crippen MR) is 65.7 cm³/mol. The minimum Gasteiger partial charge on any atom is -0.508 e. The van der Waals surface area contributed by atoms with Gasteiger partial charge in [0.1, 0.15) is 17.7 Å². The first kappa shape index (κ1) is 14.0. The highest BCUT2D eigenvalue weighted by atomic mass is 79.9. The third kappa shape index (κ3) is 4.73. The van der Waals surface area contributed by atoms with Crippen LogP contribution in [0.5, 0.6) is 5.75 Å². The topological polar surface area (TPSA) is 46.5 Å². The normalized spacial score (nSPS) is 12.2. The van der Waals surface area contributed by atoms with Gasteiger partial charge in [0.25, 0.3) is 0 Å². The number of carbonyl (C=O) groups is 1. The van der Waals surface area contributed by atoms with Gasteiger partial charge in [0.15, 0.2) is 0 Å². The Morgan fingerprint density at radius 2 is 2.29 bits per heavy atom. The molecule has 0 aliphatic rings. The molecule has 1 aromatic carbocycles. The molecule has 0 spiro atoms. The molecular formula is C12H14BrFO3. The van der Waals surface area contributed by atoms with Crippen molar-refractivity contribution in [1.82, 2.24) is 0 Å². The van der Waals surface area contributed by atoms with Crippen molar-refractivity contribution in [2.75, 3.05) is 5.33 Å². The van der Waals surface area contributed by atoms with Crippen LogP contribution in [0.15, 0.2) is 18.2 Å². The number of phenols is 1. The monoisotopic (exact) mass is 304 g/mol. The maximum Gasteiger partial charge on any atom is 0.302 e. The molecule has 0 amide bonds. The predicted octanol–water partition coefficient (Wildman–Crippen LogP) is 2.79. The highest BCUT2D eigenvalue weighted by Crippen LogP contribution is 2.20. The van der Waals surface area contributed by atoms with E-state index in [0.717, 1.165) is 0 Å². The van der Waals surface area contributed by atoms with Gasteiger partial charge in [-0.15, -0.1) is 0 Å². The van der Waals surface area contributed by atoms with Crippen molar-refractivity contribution in [2.45, 2.75) is 25.9 Å². The molecule has 0 bridgehead atoms. The van der Waals surface area contributed by atoms with E-state index in [1.54, 1.807) is 0 Å². The molecule has 0 saturated carbocycles. The Bertz CT molecular complexity index is 395. The highest BCUT2D eigenvalue weighted by molar-refractivity contribution is 9.09. The molecule has 0 radical (unpaired) electrons. The zero-order valence-corrected chi connectivity index (χ0v) is 11.0. The van der Waals surface area contributed by atoms with E-state index in [1.807, 2.05) is 0 Å². The average molecular weight is 305 g/mol. The summed E-state index contributed by atoms with van der Waals surface area (Å²) in [6, 6.07) is 3.81. The number of alkyl halides is 1. The van der Waals surface area contributed by atoms with E-state index >= 15 is 0 Å². The molecule has 0 unspecified atom stereocenters. The molecule has 0 aromatic heterocycles. The van der Waals surface area contributed by atoms with Gasteiger partial charge in [0.05, 0.1) is 0 Å². The van der Waals surface area contributed by atoms with Crippen LogP contribution < -0.4 is 0 Å². The van der Waals surface area contributed by atoms with E-state index in [2.05, 4.69) is 15.9 Å². The van der Waals surface area contributed by atoms with Crippen molar-refractivity contribution < 1.29 is 19.0 Å².